The number of aliphatic imine (C=N–C) groups is 1. The predicted molar refractivity (Wildman–Crippen MR) is 116 cm³/mol. The molecule has 30 heavy (non-hydrogen) atoms. The number of aromatic nitrogens is 1. The van der Waals surface area contributed by atoms with Crippen molar-refractivity contribution in [2.24, 2.45) is 16.8 Å². The molecule has 0 bridgehead atoms. The molecule has 1 atom stereocenters. The lowest BCUT2D eigenvalue weighted by Crippen LogP contribution is -2.46. The molecule has 0 saturated carbocycles. The molecule has 2 fully saturated rings. The van der Waals surface area contributed by atoms with Gasteiger partial charge in [0.05, 0.1) is 23.1 Å². The third-order valence-electron chi connectivity index (χ3n) is 6.03. The molecule has 0 radical (unpaired) electrons. The zero-order valence-corrected chi connectivity index (χ0v) is 17.4. The average molecular weight is 403 g/mol. The highest BCUT2D eigenvalue weighted by molar-refractivity contribution is 5.98. The fraction of sp³-hybridized carbons (Fsp3) is 0.478. The number of hydrogen-bond acceptors (Lipinski definition) is 7. The third kappa shape index (κ3) is 3.94. The summed E-state index contributed by atoms with van der Waals surface area (Å²) in [5.41, 5.74) is 1.00. The van der Waals surface area contributed by atoms with Crippen molar-refractivity contribution >= 4 is 17.5 Å². The van der Waals surface area contributed by atoms with E-state index < -0.39 is 5.41 Å². The minimum absolute atomic E-state index is 0.0550. The maximum Gasteiger partial charge on any atom is 0.134 e. The molecule has 4 rings (SSSR count). The molecule has 1 unspecified atom stereocenters. The van der Waals surface area contributed by atoms with E-state index in [-0.39, 0.29) is 5.92 Å². The zero-order chi connectivity index (χ0) is 21.1. The Hall–Kier alpha value is -3.16. The Bertz CT molecular complexity index is 984. The molecule has 4 heterocycles. The van der Waals surface area contributed by atoms with E-state index in [0.29, 0.717) is 43.4 Å². The van der Waals surface area contributed by atoms with Crippen molar-refractivity contribution in [3.8, 4) is 12.1 Å². The summed E-state index contributed by atoms with van der Waals surface area (Å²) < 4.78 is 5.52. The molecule has 1 aromatic rings. The largest absolute Gasteiger partial charge is 0.381 e. The van der Waals surface area contributed by atoms with Gasteiger partial charge in [0.2, 0.25) is 0 Å². The van der Waals surface area contributed by atoms with Gasteiger partial charge in [0.1, 0.15) is 17.5 Å². The number of nitriles is 2. The van der Waals surface area contributed by atoms with Gasteiger partial charge in [0, 0.05) is 38.4 Å². The van der Waals surface area contributed by atoms with E-state index in [2.05, 4.69) is 40.3 Å². The molecule has 0 spiro atoms. The SMILES string of the molecule is CC1CN(c2cc(C3(C#N)CCOCC3)cc(NC3=NC=CC(C#N)=CC3C)n2)C1. The summed E-state index contributed by atoms with van der Waals surface area (Å²) in [6, 6.07) is 8.78. The van der Waals surface area contributed by atoms with Gasteiger partial charge in [-0.15, -0.1) is 0 Å². The van der Waals surface area contributed by atoms with Crippen LogP contribution in [-0.4, -0.2) is 37.1 Å². The molecule has 154 valence electrons. The smallest absolute Gasteiger partial charge is 0.134 e. The highest BCUT2D eigenvalue weighted by atomic mass is 16.5. The summed E-state index contributed by atoms with van der Waals surface area (Å²) in [5, 5.41) is 22.6. The number of hydrogen-bond donors (Lipinski definition) is 1. The average Bonchev–Trinajstić information content (AvgIpc) is 2.92. The predicted octanol–water partition coefficient (Wildman–Crippen LogP) is 3.53. The van der Waals surface area contributed by atoms with Crippen molar-refractivity contribution in [1.29, 1.82) is 10.5 Å². The Kier molecular flexibility index (Phi) is 5.57. The molecule has 0 aromatic carbocycles. The maximum atomic E-state index is 10.1. The van der Waals surface area contributed by atoms with Gasteiger partial charge in [-0.2, -0.15) is 10.5 Å². The molecule has 3 aliphatic heterocycles. The summed E-state index contributed by atoms with van der Waals surface area (Å²) in [5.74, 6) is 2.88. The first kappa shape index (κ1) is 20.1. The van der Waals surface area contributed by atoms with Crippen molar-refractivity contribution in [2.75, 3.05) is 36.5 Å². The van der Waals surface area contributed by atoms with Crippen LogP contribution < -0.4 is 10.2 Å². The van der Waals surface area contributed by atoms with E-state index in [4.69, 9.17) is 9.72 Å². The van der Waals surface area contributed by atoms with E-state index in [1.165, 1.54) is 0 Å². The van der Waals surface area contributed by atoms with Crippen LogP contribution in [0.4, 0.5) is 11.6 Å². The second-order valence-electron chi connectivity index (χ2n) is 8.39. The number of pyridine rings is 1. The van der Waals surface area contributed by atoms with Crippen LogP contribution in [0, 0.1) is 34.5 Å². The number of ether oxygens (including phenoxy) is 1. The first-order valence-electron chi connectivity index (χ1n) is 10.4. The summed E-state index contributed by atoms with van der Waals surface area (Å²) in [7, 11) is 0. The molecular formula is C23H26N6O. The van der Waals surface area contributed by atoms with Gasteiger partial charge < -0.3 is 15.0 Å². The lowest BCUT2D eigenvalue weighted by molar-refractivity contribution is 0.0675. The molecule has 3 aliphatic rings. The number of amidine groups is 1. The van der Waals surface area contributed by atoms with Gasteiger partial charge in [-0.25, -0.2) is 9.98 Å². The lowest BCUT2D eigenvalue weighted by Gasteiger charge is -2.39. The number of nitrogens with one attached hydrogen (secondary N) is 1. The van der Waals surface area contributed by atoms with Crippen LogP contribution >= 0.6 is 0 Å². The van der Waals surface area contributed by atoms with Crippen molar-refractivity contribution in [3.63, 3.8) is 0 Å². The van der Waals surface area contributed by atoms with Gasteiger partial charge in [-0.3, -0.25) is 0 Å². The molecule has 1 N–H and O–H groups in total. The van der Waals surface area contributed by atoms with Gasteiger partial charge >= 0.3 is 0 Å². The fourth-order valence-corrected chi connectivity index (χ4v) is 4.16. The Balaban J connectivity index is 1.69. The van der Waals surface area contributed by atoms with E-state index in [1.807, 2.05) is 19.1 Å². The van der Waals surface area contributed by atoms with Crippen LogP contribution in [0.1, 0.15) is 32.3 Å². The molecule has 0 amide bonds. The Morgan fingerprint density at radius 2 is 1.97 bits per heavy atom. The summed E-state index contributed by atoms with van der Waals surface area (Å²) in [6.45, 7) is 7.32. The van der Waals surface area contributed by atoms with Crippen LogP contribution in [0.2, 0.25) is 0 Å². The van der Waals surface area contributed by atoms with Crippen LogP contribution in [0.5, 0.6) is 0 Å². The van der Waals surface area contributed by atoms with Crippen LogP contribution in [0.25, 0.3) is 0 Å². The first-order valence-corrected chi connectivity index (χ1v) is 10.4. The summed E-state index contributed by atoms with van der Waals surface area (Å²) in [4.78, 5) is 11.6. The Morgan fingerprint density at radius 3 is 2.63 bits per heavy atom. The summed E-state index contributed by atoms with van der Waals surface area (Å²) in [6.07, 6.45) is 6.58. The second kappa shape index (κ2) is 8.30. The highest BCUT2D eigenvalue weighted by Crippen LogP contribution is 2.37. The number of nitrogens with zero attached hydrogens (tertiary/aromatic N) is 5. The Labute approximate surface area is 177 Å². The molecule has 2 saturated heterocycles. The summed E-state index contributed by atoms with van der Waals surface area (Å²) >= 11 is 0. The molecule has 0 aliphatic carbocycles. The standard InChI is InChI=1S/C23H26N6O/c1-16-13-29(14-16)21-11-19(23(15-25)4-7-30-8-5-23)10-20(27-21)28-22-17(2)9-18(12-24)3-6-26-22/h3,6,9-11,16-17H,4-5,7-8,13-14H2,1-2H3,(H,26,27,28). The van der Waals surface area contributed by atoms with E-state index in [9.17, 15) is 10.5 Å². The minimum Gasteiger partial charge on any atom is -0.381 e. The monoisotopic (exact) mass is 402 g/mol. The van der Waals surface area contributed by atoms with Crippen molar-refractivity contribution < 1.29 is 4.74 Å². The third-order valence-corrected chi connectivity index (χ3v) is 6.03. The second-order valence-corrected chi connectivity index (χ2v) is 8.39. The van der Waals surface area contributed by atoms with Crippen molar-refractivity contribution in [3.05, 3.63) is 41.6 Å². The number of allylic oxidation sites excluding steroid dienone is 2. The molecule has 7 nitrogen and oxygen atoms in total. The normalized spacial score (nSPS) is 23.3. The van der Waals surface area contributed by atoms with Crippen LogP contribution in [-0.2, 0) is 10.2 Å². The highest BCUT2D eigenvalue weighted by Gasteiger charge is 2.36. The van der Waals surface area contributed by atoms with Gasteiger partial charge in [0.25, 0.3) is 0 Å². The van der Waals surface area contributed by atoms with Crippen LogP contribution in [0.15, 0.2) is 41.1 Å². The Morgan fingerprint density at radius 1 is 1.20 bits per heavy atom. The van der Waals surface area contributed by atoms with E-state index >= 15 is 0 Å². The van der Waals surface area contributed by atoms with E-state index in [1.54, 1.807) is 12.3 Å². The topological polar surface area (TPSA) is 97.3 Å². The number of rotatable bonds is 3. The number of anilines is 2. The first-order chi connectivity index (χ1) is 14.5. The quantitative estimate of drug-likeness (QED) is 0.831. The maximum absolute atomic E-state index is 10.1. The van der Waals surface area contributed by atoms with Gasteiger partial charge in [-0.1, -0.05) is 19.9 Å². The lowest BCUT2D eigenvalue weighted by atomic mass is 9.75. The van der Waals surface area contributed by atoms with Crippen molar-refractivity contribution in [1.82, 2.24) is 4.98 Å². The van der Waals surface area contributed by atoms with E-state index in [0.717, 1.165) is 30.3 Å². The fourth-order valence-electron chi connectivity index (χ4n) is 4.16. The molecular weight excluding hydrogens is 376 g/mol. The van der Waals surface area contributed by atoms with Gasteiger partial charge in [-0.05, 0) is 42.5 Å². The van der Waals surface area contributed by atoms with Crippen molar-refractivity contribution in [2.45, 2.75) is 32.1 Å². The zero-order valence-electron chi connectivity index (χ0n) is 17.4. The van der Waals surface area contributed by atoms with Gasteiger partial charge in [0.15, 0.2) is 0 Å². The minimum atomic E-state index is -0.562. The van der Waals surface area contributed by atoms with Crippen LogP contribution in [0.3, 0.4) is 0 Å². The molecule has 1 aromatic heterocycles. The molecule has 7 heteroatoms.